The second kappa shape index (κ2) is 13.2. The predicted molar refractivity (Wildman–Crippen MR) is 124 cm³/mol. The average Bonchev–Trinajstić information content (AvgIpc) is 2.83. The number of aryl methyl sites for hydroxylation is 1. The van der Waals surface area contributed by atoms with E-state index in [1.54, 1.807) is 32.8 Å². The van der Waals surface area contributed by atoms with Crippen molar-refractivity contribution < 1.29 is 18.9 Å². The number of ether oxygens (including phenoxy) is 4. The molecule has 32 heavy (non-hydrogen) atoms. The van der Waals surface area contributed by atoms with Gasteiger partial charge in [0.25, 0.3) is 0 Å². The Morgan fingerprint density at radius 3 is 1.94 bits per heavy atom. The Morgan fingerprint density at radius 2 is 1.38 bits per heavy atom. The highest BCUT2D eigenvalue weighted by molar-refractivity contribution is 5.29. The van der Waals surface area contributed by atoms with Crippen LogP contribution in [0, 0.1) is 6.92 Å². The van der Waals surface area contributed by atoms with Crippen LogP contribution in [0.4, 0.5) is 0 Å². The van der Waals surface area contributed by atoms with Gasteiger partial charge in [0, 0.05) is 24.4 Å². The number of methoxy groups -OCH3 is 2. The highest BCUT2D eigenvalue weighted by Gasteiger charge is 2.16. The molecule has 0 unspecified atom stereocenters. The van der Waals surface area contributed by atoms with Crippen LogP contribution in [-0.4, -0.2) is 62.6 Å². The first-order valence-corrected chi connectivity index (χ1v) is 11.4. The van der Waals surface area contributed by atoms with Crippen LogP contribution in [0.2, 0.25) is 0 Å². The molecule has 176 valence electrons. The van der Waals surface area contributed by atoms with Crippen molar-refractivity contribution in [3.05, 3.63) is 42.0 Å². The average molecular weight is 445 g/mol. The molecule has 0 saturated carbocycles. The Morgan fingerprint density at radius 1 is 0.812 bits per heavy atom. The molecule has 4 rings (SSSR count). The zero-order valence-corrected chi connectivity index (χ0v) is 19.4. The van der Waals surface area contributed by atoms with Gasteiger partial charge in [-0.25, -0.2) is 0 Å². The van der Waals surface area contributed by atoms with Crippen LogP contribution in [0.15, 0.2) is 30.7 Å². The summed E-state index contributed by atoms with van der Waals surface area (Å²) in [5.74, 6) is 2.39. The van der Waals surface area contributed by atoms with Crippen molar-refractivity contribution in [2.45, 2.75) is 51.4 Å². The molecule has 0 aliphatic carbocycles. The fourth-order valence-electron chi connectivity index (χ4n) is 3.71. The van der Waals surface area contributed by atoms with Gasteiger partial charge in [0.05, 0.1) is 32.3 Å². The van der Waals surface area contributed by atoms with Gasteiger partial charge >= 0.3 is 0 Å². The Hall–Kier alpha value is -2.42. The lowest BCUT2D eigenvalue weighted by Crippen LogP contribution is -2.34. The Kier molecular flexibility index (Phi) is 9.99. The van der Waals surface area contributed by atoms with Gasteiger partial charge in [0.2, 0.25) is 0 Å². The van der Waals surface area contributed by atoms with Crippen molar-refractivity contribution in [2.75, 3.05) is 40.4 Å². The first-order valence-electron chi connectivity index (χ1n) is 11.4. The molecule has 0 amide bonds. The minimum absolute atomic E-state index is 0.306. The molecule has 0 radical (unpaired) electrons. The second-order valence-electron chi connectivity index (χ2n) is 8.04. The van der Waals surface area contributed by atoms with Gasteiger partial charge in [-0.3, -0.25) is 9.97 Å². The van der Waals surface area contributed by atoms with E-state index in [4.69, 9.17) is 18.9 Å². The lowest BCUT2D eigenvalue weighted by molar-refractivity contribution is 0.159. The van der Waals surface area contributed by atoms with E-state index in [1.165, 1.54) is 0 Å². The molecule has 2 aromatic rings. The van der Waals surface area contributed by atoms with E-state index in [-0.39, 0.29) is 0 Å². The molecule has 2 saturated heterocycles. The molecule has 2 aromatic heterocycles. The van der Waals surface area contributed by atoms with Crippen molar-refractivity contribution in [3.8, 4) is 17.2 Å². The van der Waals surface area contributed by atoms with Crippen LogP contribution in [0.5, 0.6) is 17.2 Å². The maximum Gasteiger partial charge on any atom is 0.141 e. The maximum absolute atomic E-state index is 5.94. The summed E-state index contributed by atoms with van der Waals surface area (Å²) in [5, 5.41) is 6.63. The number of pyridine rings is 2. The first kappa shape index (κ1) is 24.2. The summed E-state index contributed by atoms with van der Waals surface area (Å²) in [7, 11) is 3.32. The third kappa shape index (κ3) is 7.93. The SMILES string of the molecule is COCc1cc(OC2CCNCC2)cnc1C.COc1cncc(OC2CCNCC2)c1. The Bertz CT molecular complexity index is 808. The van der Waals surface area contributed by atoms with Gasteiger partial charge in [-0.15, -0.1) is 0 Å². The van der Waals surface area contributed by atoms with E-state index in [0.717, 1.165) is 80.4 Å². The summed E-state index contributed by atoms with van der Waals surface area (Å²) in [6, 6.07) is 3.91. The van der Waals surface area contributed by atoms with Gasteiger partial charge in [-0.2, -0.15) is 0 Å². The molecule has 0 atom stereocenters. The molecule has 2 fully saturated rings. The van der Waals surface area contributed by atoms with Crippen LogP contribution >= 0.6 is 0 Å². The van der Waals surface area contributed by atoms with Crippen molar-refractivity contribution in [1.82, 2.24) is 20.6 Å². The zero-order valence-electron chi connectivity index (χ0n) is 19.4. The largest absolute Gasteiger partial charge is 0.495 e. The molecular formula is C24H36N4O4. The van der Waals surface area contributed by atoms with E-state index in [1.807, 2.05) is 19.1 Å². The molecular weight excluding hydrogens is 408 g/mol. The number of rotatable bonds is 7. The van der Waals surface area contributed by atoms with Gasteiger partial charge in [-0.05, 0) is 64.9 Å². The Balaban J connectivity index is 0.000000182. The summed E-state index contributed by atoms with van der Waals surface area (Å²) in [4.78, 5) is 8.40. The number of hydrogen-bond acceptors (Lipinski definition) is 8. The monoisotopic (exact) mass is 444 g/mol. The van der Waals surface area contributed by atoms with E-state index < -0.39 is 0 Å². The topological polar surface area (TPSA) is 86.8 Å². The second-order valence-corrected chi connectivity index (χ2v) is 8.04. The normalized spacial score (nSPS) is 17.2. The lowest BCUT2D eigenvalue weighted by Gasteiger charge is -2.24. The van der Waals surface area contributed by atoms with Crippen LogP contribution in [0.3, 0.4) is 0 Å². The minimum Gasteiger partial charge on any atom is -0.495 e. The number of nitrogens with zero attached hydrogens (tertiary/aromatic N) is 2. The molecule has 8 nitrogen and oxygen atoms in total. The minimum atomic E-state index is 0.306. The molecule has 2 N–H and O–H groups in total. The molecule has 0 spiro atoms. The highest BCUT2D eigenvalue weighted by Crippen LogP contribution is 2.21. The summed E-state index contributed by atoms with van der Waals surface area (Å²) >= 11 is 0. The fourth-order valence-corrected chi connectivity index (χ4v) is 3.71. The first-order chi connectivity index (χ1) is 15.7. The van der Waals surface area contributed by atoms with Crippen LogP contribution in [0.1, 0.15) is 36.9 Å². The molecule has 2 aliphatic rings. The highest BCUT2D eigenvalue weighted by atomic mass is 16.5. The quantitative estimate of drug-likeness (QED) is 0.674. The van der Waals surface area contributed by atoms with E-state index in [0.29, 0.717) is 18.8 Å². The van der Waals surface area contributed by atoms with Crippen molar-refractivity contribution >= 4 is 0 Å². The number of piperidine rings is 2. The number of hydrogen-bond donors (Lipinski definition) is 2. The predicted octanol–water partition coefficient (Wildman–Crippen LogP) is 2.89. The smallest absolute Gasteiger partial charge is 0.141 e. The third-order valence-corrected chi connectivity index (χ3v) is 5.57. The van der Waals surface area contributed by atoms with Crippen LogP contribution in [-0.2, 0) is 11.3 Å². The third-order valence-electron chi connectivity index (χ3n) is 5.57. The van der Waals surface area contributed by atoms with E-state index >= 15 is 0 Å². The van der Waals surface area contributed by atoms with E-state index in [2.05, 4.69) is 20.6 Å². The summed E-state index contributed by atoms with van der Waals surface area (Å²) in [6.07, 6.45) is 10.1. The molecule has 4 heterocycles. The number of aromatic nitrogens is 2. The van der Waals surface area contributed by atoms with Crippen molar-refractivity contribution in [1.29, 1.82) is 0 Å². The van der Waals surface area contributed by atoms with Gasteiger partial charge < -0.3 is 29.6 Å². The molecule has 0 bridgehead atoms. The van der Waals surface area contributed by atoms with Gasteiger partial charge in [-0.1, -0.05) is 0 Å². The van der Waals surface area contributed by atoms with Crippen molar-refractivity contribution in [3.63, 3.8) is 0 Å². The fraction of sp³-hybridized carbons (Fsp3) is 0.583. The van der Waals surface area contributed by atoms with Gasteiger partial charge in [0.15, 0.2) is 0 Å². The molecule has 8 heteroatoms. The molecule has 2 aliphatic heterocycles. The van der Waals surface area contributed by atoms with Crippen LogP contribution in [0.25, 0.3) is 0 Å². The summed E-state index contributed by atoms with van der Waals surface area (Å²) in [6.45, 7) is 6.71. The Labute approximate surface area is 191 Å². The summed E-state index contributed by atoms with van der Waals surface area (Å²) in [5.41, 5.74) is 2.10. The standard InChI is InChI=1S/C13H20N2O2.C11H16N2O2/c1-10-11(9-16-2)7-13(8-15-10)17-12-3-5-14-6-4-12;1-14-10-6-11(8-13-7-10)15-9-2-4-12-5-3-9/h7-8,12,14H,3-6,9H2,1-2H3;6-9,12H,2-5H2,1H3. The van der Waals surface area contributed by atoms with Crippen molar-refractivity contribution in [2.24, 2.45) is 0 Å². The molecule has 0 aromatic carbocycles. The maximum atomic E-state index is 5.94. The van der Waals surface area contributed by atoms with E-state index in [9.17, 15) is 0 Å². The zero-order chi connectivity index (χ0) is 22.6. The lowest BCUT2D eigenvalue weighted by atomic mass is 10.1. The number of nitrogens with one attached hydrogen (secondary N) is 2. The van der Waals surface area contributed by atoms with Crippen LogP contribution < -0.4 is 24.8 Å². The van der Waals surface area contributed by atoms with Gasteiger partial charge in [0.1, 0.15) is 29.5 Å². The summed E-state index contributed by atoms with van der Waals surface area (Å²) < 4.78 is 22.0.